The van der Waals surface area contributed by atoms with Crippen LogP contribution in [0.25, 0.3) is 0 Å². The number of aryl methyl sites for hydroxylation is 1. The molecule has 0 heterocycles. The van der Waals surface area contributed by atoms with E-state index in [2.05, 4.69) is 0 Å². The predicted molar refractivity (Wildman–Crippen MR) is 79.9 cm³/mol. The summed E-state index contributed by atoms with van der Waals surface area (Å²) in [6.07, 6.45) is -0.704. The highest BCUT2D eigenvalue weighted by Crippen LogP contribution is 2.38. The van der Waals surface area contributed by atoms with Gasteiger partial charge in [-0.1, -0.05) is 23.7 Å². The average Bonchev–Trinajstić information content (AvgIpc) is 2.42. The van der Waals surface area contributed by atoms with Crippen LogP contribution in [0.4, 0.5) is 0 Å². The molecule has 3 nitrogen and oxygen atoms in total. The highest BCUT2D eigenvalue weighted by Gasteiger charge is 2.16. The minimum absolute atomic E-state index is 0.523. The van der Waals surface area contributed by atoms with Crippen molar-refractivity contribution in [1.82, 2.24) is 0 Å². The predicted octanol–water partition coefficient (Wildman–Crippen LogP) is 4.50. The van der Waals surface area contributed by atoms with E-state index in [9.17, 15) is 5.11 Å². The summed E-state index contributed by atoms with van der Waals surface area (Å²) in [6, 6.07) is 10.9. The second-order valence-corrected chi connectivity index (χ2v) is 4.99. The molecule has 2 aromatic rings. The van der Waals surface area contributed by atoms with Gasteiger partial charge in [-0.2, -0.15) is 0 Å². The molecule has 0 fully saturated rings. The Labute approximate surface area is 123 Å². The summed E-state index contributed by atoms with van der Waals surface area (Å²) in [4.78, 5) is 0. The largest absolute Gasteiger partial charge is 0.496 e. The van der Waals surface area contributed by atoms with Crippen molar-refractivity contribution in [3.63, 3.8) is 0 Å². The van der Waals surface area contributed by atoms with Crippen LogP contribution in [0.5, 0.6) is 17.2 Å². The van der Waals surface area contributed by atoms with E-state index in [0.717, 1.165) is 5.56 Å². The summed E-state index contributed by atoms with van der Waals surface area (Å²) in [7, 11) is 1.56. The van der Waals surface area contributed by atoms with Gasteiger partial charge in [-0.15, -0.1) is 0 Å². The second kappa shape index (κ2) is 6.16. The Hall–Kier alpha value is -1.71. The molecular formula is C16H17ClO3. The fourth-order valence-corrected chi connectivity index (χ4v) is 2.17. The first kappa shape index (κ1) is 14.7. The van der Waals surface area contributed by atoms with Crippen molar-refractivity contribution < 1.29 is 14.6 Å². The molecule has 2 rings (SSSR count). The topological polar surface area (TPSA) is 38.7 Å². The monoisotopic (exact) mass is 292 g/mol. The summed E-state index contributed by atoms with van der Waals surface area (Å²) in [6.45, 7) is 3.63. The van der Waals surface area contributed by atoms with E-state index < -0.39 is 6.10 Å². The number of aliphatic hydroxyl groups is 1. The molecule has 0 bridgehead atoms. The number of hydrogen-bond donors (Lipinski definition) is 1. The van der Waals surface area contributed by atoms with Crippen LogP contribution in [-0.4, -0.2) is 12.2 Å². The Morgan fingerprint density at radius 2 is 1.80 bits per heavy atom. The minimum Gasteiger partial charge on any atom is -0.496 e. The van der Waals surface area contributed by atoms with Crippen molar-refractivity contribution in [2.75, 3.05) is 7.11 Å². The minimum atomic E-state index is -0.704. The third-order valence-electron chi connectivity index (χ3n) is 2.97. The van der Waals surface area contributed by atoms with Gasteiger partial charge in [0.25, 0.3) is 0 Å². The van der Waals surface area contributed by atoms with Crippen LogP contribution in [0.2, 0.25) is 5.02 Å². The van der Waals surface area contributed by atoms with E-state index in [0.29, 0.717) is 27.8 Å². The van der Waals surface area contributed by atoms with Gasteiger partial charge < -0.3 is 14.6 Å². The summed E-state index contributed by atoms with van der Waals surface area (Å²) in [5.41, 5.74) is 1.65. The fraction of sp³-hybridized carbons (Fsp3) is 0.250. The average molecular weight is 293 g/mol. The number of benzene rings is 2. The molecule has 0 saturated heterocycles. The van der Waals surface area contributed by atoms with Crippen LogP contribution < -0.4 is 9.47 Å². The maximum absolute atomic E-state index is 9.93. The maximum Gasteiger partial charge on any atom is 0.146 e. The van der Waals surface area contributed by atoms with Crippen LogP contribution >= 0.6 is 11.6 Å². The first-order valence-electron chi connectivity index (χ1n) is 6.32. The molecule has 1 atom stereocenters. The van der Waals surface area contributed by atoms with Crippen molar-refractivity contribution >= 4 is 11.6 Å². The lowest BCUT2D eigenvalue weighted by Gasteiger charge is -2.17. The maximum atomic E-state index is 9.93. The zero-order valence-electron chi connectivity index (χ0n) is 11.7. The van der Waals surface area contributed by atoms with E-state index in [4.69, 9.17) is 21.1 Å². The second-order valence-electron chi connectivity index (χ2n) is 4.58. The van der Waals surface area contributed by atoms with Gasteiger partial charge in [0.1, 0.15) is 17.2 Å². The molecule has 0 spiro atoms. The van der Waals surface area contributed by atoms with E-state index in [-0.39, 0.29) is 0 Å². The van der Waals surface area contributed by atoms with Crippen molar-refractivity contribution in [2.24, 2.45) is 0 Å². The molecule has 0 aliphatic carbocycles. The third kappa shape index (κ3) is 3.06. The number of ether oxygens (including phenoxy) is 2. The van der Waals surface area contributed by atoms with Crippen LogP contribution in [0.1, 0.15) is 24.2 Å². The smallest absolute Gasteiger partial charge is 0.146 e. The first-order valence-corrected chi connectivity index (χ1v) is 6.69. The SMILES string of the molecule is COc1cccc(Oc2cc(C)ccc2Cl)c1[C@@H](C)O. The lowest BCUT2D eigenvalue weighted by Crippen LogP contribution is -2.00. The summed E-state index contributed by atoms with van der Waals surface area (Å²) >= 11 is 6.13. The zero-order valence-corrected chi connectivity index (χ0v) is 12.4. The van der Waals surface area contributed by atoms with Gasteiger partial charge in [0.15, 0.2) is 0 Å². The van der Waals surface area contributed by atoms with Gasteiger partial charge in [0.05, 0.1) is 23.8 Å². The lowest BCUT2D eigenvalue weighted by atomic mass is 10.1. The summed E-state index contributed by atoms with van der Waals surface area (Å²) in [5, 5.41) is 10.4. The van der Waals surface area contributed by atoms with Crippen molar-refractivity contribution in [3.8, 4) is 17.2 Å². The van der Waals surface area contributed by atoms with E-state index in [1.807, 2.05) is 25.1 Å². The molecule has 0 radical (unpaired) electrons. The van der Waals surface area contributed by atoms with E-state index in [1.165, 1.54) is 0 Å². The van der Waals surface area contributed by atoms with Gasteiger partial charge in [0, 0.05) is 0 Å². The fourth-order valence-electron chi connectivity index (χ4n) is 2.01. The number of halogens is 1. The lowest BCUT2D eigenvalue weighted by molar-refractivity contribution is 0.190. The Bertz CT molecular complexity index is 609. The molecular weight excluding hydrogens is 276 g/mol. The molecule has 0 aliphatic rings. The van der Waals surface area contributed by atoms with Crippen LogP contribution in [-0.2, 0) is 0 Å². The molecule has 1 N–H and O–H groups in total. The molecule has 0 unspecified atom stereocenters. The number of aliphatic hydroxyl groups excluding tert-OH is 1. The molecule has 106 valence electrons. The zero-order chi connectivity index (χ0) is 14.7. The Balaban J connectivity index is 2.45. The number of rotatable bonds is 4. The molecule has 2 aromatic carbocycles. The van der Waals surface area contributed by atoms with Gasteiger partial charge in [-0.3, -0.25) is 0 Å². The van der Waals surface area contributed by atoms with Crippen LogP contribution in [0, 0.1) is 6.92 Å². The van der Waals surface area contributed by atoms with Crippen molar-refractivity contribution in [3.05, 3.63) is 52.5 Å². The molecule has 0 aliphatic heterocycles. The number of hydrogen-bond acceptors (Lipinski definition) is 3. The van der Waals surface area contributed by atoms with Gasteiger partial charge >= 0.3 is 0 Å². The Morgan fingerprint density at radius 3 is 2.45 bits per heavy atom. The standard InChI is InChI=1S/C16H17ClO3/c1-10-7-8-12(17)15(9-10)20-14-6-4-5-13(19-3)16(14)11(2)18/h4-9,11,18H,1-3H3/t11-/m1/s1. The number of methoxy groups -OCH3 is 1. The summed E-state index contributed by atoms with van der Waals surface area (Å²) < 4.78 is 11.1. The summed E-state index contributed by atoms with van der Waals surface area (Å²) in [5.74, 6) is 1.68. The highest BCUT2D eigenvalue weighted by atomic mass is 35.5. The molecule has 0 aromatic heterocycles. The normalized spacial score (nSPS) is 12.1. The van der Waals surface area contributed by atoms with Crippen LogP contribution in [0.3, 0.4) is 0 Å². The Morgan fingerprint density at radius 1 is 1.10 bits per heavy atom. The van der Waals surface area contributed by atoms with Crippen molar-refractivity contribution in [2.45, 2.75) is 20.0 Å². The van der Waals surface area contributed by atoms with E-state index in [1.54, 1.807) is 32.2 Å². The van der Waals surface area contributed by atoms with Gasteiger partial charge in [0.2, 0.25) is 0 Å². The van der Waals surface area contributed by atoms with Crippen molar-refractivity contribution in [1.29, 1.82) is 0 Å². The molecule has 4 heteroatoms. The van der Waals surface area contributed by atoms with E-state index >= 15 is 0 Å². The van der Waals surface area contributed by atoms with Crippen LogP contribution in [0.15, 0.2) is 36.4 Å². The first-order chi connectivity index (χ1) is 9.52. The molecule has 0 amide bonds. The van der Waals surface area contributed by atoms with Gasteiger partial charge in [-0.25, -0.2) is 0 Å². The van der Waals surface area contributed by atoms with Gasteiger partial charge in [-0.05, 0) is 43.7 Å². The quantitative estimate of drug-likeness (QED) is 0.901. The third-order valence-corrected chi connectivity index (χ3v) is 3.28. The molecule has 20 heavy (non-hydrogen) atoms. The Kier molecular flexibility index (Phi) is 4.53. The highest BCUT2D eigenvalue weighted by molar-refractivity contribution is 6.32. The molecule has 0 saturated carbocycles.